The van der Waals surface area contributed by atoms with Crippen LogP contribution in [0.5, 0.6) is 5.75 Å². The summed E-state index contributed by atoms with van der Waals surface area (Å²) in [7, 11) is 0. The zero-order valence-electron chi connectivity index (χ0n) is 14.8. The maximum atomic E-state index is 12.0. The molecule has 0 aliphatic heterocycles. The Morgan fingerprint density at radius 1 is 1.35 bits per heavy atom. The van der Waals surface area contributed by atoms with E-state index in [0.717, 1.165) is 46.5 Å². The number of hydrogen-bond acceptors (Lipinski definition) is 4. The Labute approximate surface area is 156 Å². The van der Waals surface area contributed by atoms with Crippen molar-refractivity contribution in [1.29, 1.82) is 0 Å². The van der Waals surface area contributed by atoms with Gasteiger partial charge in [-0.3, -0.25) is 4.79 Å². The molecule has 0 spiro atoms. The van der Waals surface area contributed by atoms with E-state index in [0.29, 0.717) is 12.1 Å². The largest absolute Gasteiger partial charge is 0.487 e. The molecule has 1 unspecified atom stereocenters. The molecule has 0 fully saturated rings. The third-order valence-corrected chi connectivity index (χ3v) is 6.10. The summed E-state index contributed by atoms with van der Waals surface area (Å²) in [4.78, 5) is 16.5. The summed E-state index contributed by atoms with van der Waals surface area (Å²) in [5.41, 5.74) is 8.55. The second-order valence-electron chi connectivity index (χ2n) is 6.79. The van der Waals surface area contributed by atoms with Crippen molar-refractivity contribution in [2.75, 3.05) is 11.9 Å². The van der Waals surface area contributed by atoms with Gasteiger partial charge in [0.2, 0.25) is 0 Å². The third-order valence-electron chi connectivity index (χ3n) is 4.85. The molecule has 1 amide bonds. The minimum atomic E-state index is -0.336. The molecule has 0 radical (unpaired) electrons. The summed E-state index contributed by atoms with van der Waals surface area (Å²) in [6.07, 6.45) is 6.15. The number of aromatic amines is 1. The molecule has 26 heavy (non-hydrogen) atoms. The smallest absolute Gasteiger partial charge is 0.251 e. The summed E-state index contributed by atoms with van der Waals surface area (Å²) in [6, 6.07) is 8.07. The van der Waals surface area contributed by atoms with Crippen molar-refractivity contribution in [2.45, 2.75) is 38.7 Å². The lowest BCUT2D eigenvalue weighted by Gasteiger charge is -2.15. The molecule has 0 bridgehead atoms. The van der Waals surface area contributed by atoms with Gasteiger partial charge in [0, 0.05) is 22.0 Å². The fourth-order valence-corrected chi connectivity index (χ4v) is 4.89. The highest BCUT2D eigenvalue weighted by atomic mass is 32.1. The fourth-order valence-electron chi connectivity index (χ4n) is 3.59. The van der Waals surface area contributed by atoms with Crippen molar-refractivity contribution in [3.63, 3.8) is 0 Å². The summed E-state index contributed by atoms with van der Waals surface area (Å²) in [6.45, 7) is 2.63. The fraction of sp³-hybridized carbons (Fsp3) is 0.350. The summed E-state index contributed by atoms with van der Waals surface area (Å²) in [5.74, 6) is 0.507. The van der Waals surface area contributed by atoms with Crippen LogP contribution < -0.4 is 15.8 Å². The van der Waals surface area contributed by atoms with Crippen LogP contribution in [0, 0.1) is 0 Å². The van der Waals surface area contributed by atoms with Crippen molar-refractivity contribution in [3.8, 4) is 5.75 Å². The molecule has 6 heteroatoms. The monoisotopic (exact) mass is 369 g/mol. The normalized spacial score (nSPS) is 14.8. The van der Waals surface area contributed by atoms with Crippen molar-refractivity contribution in [2.24, 2.45) is 5.73 Å². The molecule has 2 aromatic heterocycles. The van der Waals surface area contributed by atoms with Crippen molar-refractivity contribution in [3.05, 3.63) is 46.5 Å². The van der Waals surface area contributed by atoms with E-state index in [2.05, 4.69) is 10.3 Å². The number of thiophene rings is 1. The lowest BCUT2D eigenvalue weighted by atomic mass is 9.95. The van der Waals surface area contributed by atoms with E-state index < -0.39 is 0 Å². The second-order valence-corrected chi connectivity index (χ2v) is 7.89. The van der Waals surface area contributed by atoms with Gasteiger partial charge in [-0.05, 0) is 50.3 Å². The molecular weight excluding hydrogens is 346 g/mol. The van der Waals surface area contributed by atoms with Gasteiger partial charge in [0.05, 0.1) is 12.1 Å². The van der Waals surface area contributed by atoms with E-state index >= 15 is 0 Å². The van der Waals surface area contributed by atoms with Crippen molar-refractivity contribution < 1.29 is 9.53 Å². The summed E-state index contributed by atoms with van der Waals surface area (Å²) >= 11 is 1.67. The van der Waals surface area contributed by atoms with Gasteiger partial charge in [0.15, 0.2) is 0 Å². The quantitative estimate of drug-likeness (QED) is 0.612. The van der Waals surface area contributed by atoms with Crippen LogP contribution in [-0.2, 0) is 12.8 Å². The Balaban J connectivity index is 1.47. The lowest BCUT2D eigenvalue weighted by Crippen LogP contribution is -2.24. The number of para-hydroxylation sites is 1. The maximum absolute atomic E-state index is 12.0. The molecule has 4 N–H and O–H groups in total. The Morgan fingerprint density at radius 2 is 2.15 bits per heavy atom. The van der Waals surface area contributed by atoms with Gasteiger partial charge in [-0.1, -0.05) is 12.1 Å². The van der Waals surface area contributed by atoms with Crippen LogP contribution in [0.3, 0.4) is 0 Å². The number of nitrogens with two attached hydrogens (primary N) is 1. The number of hydrogen-bond donors (Lipinski definition) is 3. The number of ether oxygens (including phenoxy) is 1. The lowest BCUT2D eigenvalue weighted by molar-refractivity contribution is 0.1000. The molecule has 1 aromatic carbocycles. The number of fused-ring (bicyclic) bond motifs is 2. The Morgan fingerprint density at radius 3 is 3.00 bits per heavy atom. The predicted octanol–water partition coefficient (Wildman–Crippen LogP) is 4.09. The number of amides is 1. The highest BCUT2D eigenvalue weighted by Crippen LogP contribution is 2.38. The molecule has 136 valence electrons. The highest BCUT2D eigenvalue weighted by molar-refractivity contribution is 7.16. The minimum absolute atomic E-state index is 0.0472. The topological polar surface area (TPSA) is 80.1 Å². The molecule has 4 rings (SSSR count). The number of aryl methyl sites for hydroxylation is 1. The van der Waals surface area contributed by atoms with Gasteiger partial charge >= 0.3 is 0 Å². The maximum Gasteiger partial charge on any atom is 0.251 e. The number of anilines is 1. The SMILES string of the molecule is CC(CNc1sc2c(c1C(N)=O)CCCC2)Oc1c[nH]c2ccccc12. The zero-order chi connectivity index (χ0) is 18.1. The van der Waals surface area contributed by atoms with Gasteiger partial charge in [0.1, 0.15) is 16.9 Å². The number of benzene rings is 1. The Kier molecular flexibility index (Phi) is 4.59. The van der Waals surface area contributed by atoms with Crippen LogP contribution >= 0.6 is 11.3 Å². The number of carbonyl (C=O) groups is 1. The molecule has 1 atom stereocenters. The third kappa shape index (κ3) is 3.17. The standard InChI is InChI=1S/C20H23N3O2S/c1-12(25-16-11-22-15-8-4-2-6-13(15)16)10-23-20-18(19(21)24)14-7-3-5-9-17(14)26-20/h2,4,6,8,11-12,22-23H,3,5,7,9-10H2,1H3,(H2,21,24). The Bertz CT molecular complexity index is 944. The van der Waals surface area contributed by atoms with E-state index in [4.69, 9.17) is 10.5 Å². The number of rotatable bonds is 6. The molecule has 3 aromatic rings. The first-order chi connectivity index (χ1) is 12.6. The van der Waals surface area contributed by atoms with Gasteiger partial charge in [-0.15, -0.1) is 11.3 Å². The van der Waals surface area contributed by atoms with Crippen LogP contribution in [0.4, 0.5) is 5.00 Å². The number of aromatic nitrogens is 1. The number of carbonyl (C=O) groups excluding carboxylic acids is 1. The first kappa shape index (κ1) is 17.0. The van der Waals surface area contributed by atoms with Gasteiger partial charge in [-0.25, -0.2) is 0 Å². The van der Waals surface area contributed by atoms with E-state index in [-0.39, 0.29) is 12.0 Å². The van der Waals surface area contributed by atoms with E-state index in [9.17, 15) is 4.79 Å². The van der Waals surface area contributed by atoms with Crippen LogP contribution in [-0.4, -0.2) is 23.5 Å². The van der Waals surface area contributed by atoms with Crippen LogP contribution in [0.2, 0.25) is 0 Å². The van der Waals surface area contributed by atoms with Gasteiger partial charge in [-0.2, -0.15) is 0 Å². The second kappa shape index (κ2) is 7.03. The molecule has 1 aliphatic rings. The summed E-state index contributed by atoms with van der Waals surface area (Å²) < 4.78 is 6.09. The zero-order valence-corrected chi connectivity index (χ0v) is 15.6. The molecule has 5 nitrogen and oxygen atoms in total. The number of H-pyrrole nitrogens is 1. The Hall–Kier alpha value is -2.47. The van der Waals surface area contributed by atoms with Crippen LogP contribution in [0.1, 0.15) is 40.6 Å². The molecule has 1 aliphatic carbocycles. The average Bonchev–Trinajstić information content (AvgIpc) is 3.21. The highest BCUT2D eigenvalue weighted by Gasteiger charge is 2.24. The van der Waals surface area contributed by atoms with Gasteiger partial charge < -0.3 is 20.8 Å². The number of nitrogens with one attached hydrogen (secondary N) is 2. The van der Waals surface area contributed by atoms with Crippen LogP contribution in [0.25, 0.3) is 10.9 Å². The molecule has 0 saturated heterocycles. The molecular formula is C20H23N3O2S. The minimum Gasteiger partial charge on any atom is -0.487 e. The van der Waals surface area contributed by atoms with Gasteiger partial charge in [0.25, 0.3) is 5.91 Å². The van der Waals surface area contributed by atoms with Crippen LogP contribution in [0.15, 0.2) is 30.5 Å². The predicted molar refractivity (Wildman–Crippen MR) is 106 cm³/mol. The number of primary amides is 1. The molecule has 0 saturated carbocycles. The first-order valence-corrected chi connectivity index (χ1v) is 9.86. The average molecular weight is 369 g/mol. The van der Waals surface area contributed by atoms with E-state index in [1.807, 2.05) is 37.4 Å². The molecule has 2 heterocycles. The van der Waals surface area contributed by atoms with E-state index in [1.54, 1.807) is 11.3 Å². The van der Waals surface area contributed by atoms with Crippen molar-refractivity contribution in [1.82, 2.24) is 4.98 Å². The van der Waals surface area contributed by atoms with Crippen molar-refractivity contribution >= 4 is 33.1 Å². The summed E-state index contributed by atoms with van der Waals surface area (Å²) in [5, 5.41) is 5.36. The first-order valence-electron chi connectivity index (χ1n) is 9.04. The van der Waals surface area contributed by atoms with E-state index in [1.165, 1.54) is 11.3 Å².